The highest BCUT2D eigenvalue weighted by atomic mass is 127. The molecule has 0 amide bonds. The SMILES string of the molecule is C/C(=C\I)[Si](C)(C)c1ccccc1. The van der Waals surface area contributed by atoms with Crippen LogP contribution in [-0.4, -0.2) is 8.07 Å². The van der Waals surface area contributed by atoms with E-state index in [4.69, 9.17) is 0 Å². The third-order valence-corrected chi connectivity index (χ3v) is 8.06. The number of benzene rings is 1. The summed E-state index contributed by atoms with van der Waals surface area (Å²) in [6.45, 7) is 7.03. The van der Waals surface area contributed by atoms with Crippen molar-refractivity contribution in [3.05, 3.63) is 39.6 Å². The fourth-order valence-corrected chi connectivity index (χ4v) is 5.31. The van der Waals surface area contributed by atoms with E-state index in [-0.39, 0.29) is 0 Å². The fraction of sp³-hybridized carbons (Fsp3) is 0.273. The number of rotatable bonds is 2. The molecular weight excluding hydrogens is 287 g/mol. The van der Waals surface area contributed by atoms with Gasteiger partial charge in [-0.1, -0.05) is 76.4 Å². The predicted octanol–water partition coefficient (Wildman–Crippen LogP) is 3.48. The van der Waals surface area contributed by atoms with E-state index in [0.717, 1.165) is 0 Å². The Morgan fingerprint density at radius 2 is 1.77 bits per heavy atom. The Labute approximate surface area is 95.2 Å². The Bertz CT molecular complexity index is 301. The molecule has 0 radical (unpaired) electrons. The Balaban J connectivity index is 3.08. The molecule has 0 aliphatic heterocycles. The molecule has 0 N–H and O–H groups in total. The van der Waals surface area contributed by atoms with E-state index in [1.807, 2.05) is 0 Å². The summed E-state index contributed by atoms with van der Waals surface area (Å²) in [6, 6.07) is 10.8. The smallest absolute Gasteiger partial charge is 0.0731 e. The average Bonchev–Trinajstić information content (AvgIpc) is 2.18. The van der Waals surface area contributed by atoms with E-state index in [1.54, 1.807) is 5.20 Å². The normalized spacial score (nSPS) is 13.1. The second-order valence-corrected chi connectivity index (χ2v) is 9.02. The first kappa shape index (κ1) is 11.0. The van der Waals surface area contributed by atoms with Crippen LogP contribution in [0.3, 0.4) is 0 Å². The zero-order chi connectivity index (χ0) is 9.90. The van der Waals surface area contributed by atoms with E-state index in [9.17, 15) is 0 Å². The van der Waals surface area contributed by atoms with Crippen LogP contribution >= 0.6 is 22.6 Å². The van der Waals surface area contributed by atoms with Gasteiger partial charge in [-0.2, -0.15) is 0 Å². The zero-order valence-corrected chi connectivity index (χ0v) is 11.5. The number of halogens is 1. The van der Waals surface area contributed by atoms with E-state index >= 15 is 0 Å². The Kier molecular flexibility index (Phi) is 3.73. The summed E-state index contributed by atoms with van der Waals surface area (Å²) >= 11 is 2.34. The minimum atomic E-state index is -1.33. The molecule has 0 aromatic heterocycles. The quantitative estimate of drug-likeness (QED) is 0.579. The molecule has 0 spiro atoms. The zero-order valence-electron chi connectivity index (χ0n) is 8.34. The van der Waals surface area contributed by atoms with Crippen LogP contribution in [0.4, 0.5) is 0 Å². The molecule has 1 rings (SSSR count). The van der Waals surface area contributed by atoms with Crippen molar-refractivity contribution in [1.29, 1.82) is 0 Å². The first-order valence-electron chi connectivity index (χ1n) is 4.42. The molecule has 0 fully saturated rings. The van der Waals surface area contributed by atoms with Gasteiger partial charge in [0.15, 0.2) is 0 Å². The molecule has 0 aliphatic rings. The molecular formula is C11H15ISi. The second-order valence-electron chi connectivity index (χ2n) is 3.78. The highest BCUT2D eigenvalue weighted by Gasteiger charge is 2.24. The van der Waals surface area contributed by atoms with Crippen molar-refractivity contribution in [3.8, 4) is 0 Å². The van der Waals surface area contributed by atoms with Gasteiger partial charge in [0.2, 0.25) is 0 Å². The average molecular weight is 302 g/mol. The molecule has 13 heavy (non-hydrogen) atoms. The van der Waals surface area contributed by atoms with Gasteiger partial charge >= 0.3 is 0 Å². The van der Waals surface area contributed by atoms with Gasteiger partial charge in [0.1, 0.15) is 8.07 Å². The maximum atomic E-state index is 2.40. The monoisotopic (exact) mass is 302 g/mol. The second kappa shape index (κ2) is 4.42. The van der Waals surface area contributed by atoms with E-state index in [1.165, 1.54) is 5.19 Å². The van der Waals surface area contributed by atoms with Gasteiger partial charge in [-0.25, -0.2) is 0 Å². The standard InChI is InChI=1S/C11H15ISi/c1-10(9-12)13(2,3)11-7-5-4-6-8-11/h4-9H,1-3H3/b10-9+. The van der Waals surface area contributed by atoms with Gasteiger partial charge in [-0.15, -0.1) is 0 Å². The van der Waals surface area contributed by atoms with Crippen molar-refractivity contribution in [2.75, 3.05) is 0 Å². The lowest BCUT2D eigenvalue weighted by Crippen LogP contribution is -2.42. The molecule has 0 saturated carbocycles. The Hall–Kier alpha value is -0.0931. The van der Waals surface area contributed by atoms with Crippen molar-refractivity contribution in [3.63, 3.8) is 0 Å². The van der Waals surface area contributed by atoms with Crippen molar-refractivity contribution in [2.45, 2.75) is 20.0 Å². The summed E-state index contributed by atoms with van der Waals surface area (Å²) in [5.74, 6) is 0. The lowest BCUT2D eigenvalue weighted by molar-refractivity contribution is 1.57. The van der Waals surface area contributed by atoms with E-state index < -0.39 is 8.07 Å². The molecule has 0 atom stereocenters. The van der Waals surface area contributed by atoms with Gasteiger partial charge in [0.25, 0.3) is 0 Å². The Morgan fingerprint density at radius 3 is 2.23 bits per heavy atom. The molecule has 0 nitrogen and oxygen atoms in total. The first-order valence-corrected chi connectivity index (χ1v) is 8.66. The summed E-state index contributed by atoms with van der Waals surface area (Å²) in [6.07, 6.45) is 0. The maximum absolute atomic E-state index is 2.40. The van der Waals surface area contributed by atoms with Crippen LogP contribution in [-0.2, 0) is 0 Å². The molecule has 2 heteroatoms. The highest BCUT2D eigenvalue weighted by molar-refractivity contribution is 14.1. The molecule has 1 aromatic rings. The first-order chi connectivity index (χ1) is 6.09. The number of hydrogen-bond donors (Lipinski definition) is 0. The van der Waals surface area contributed by atoms with Crippen LogP contribution in [0.5, 0.6) is 0 Å². The van der Waals surface area contributed by atoms with Crippen molar-refractivity contribution in [1.82, 2.24) is 0 Å². The molecule has 0 saturated heterocycles. The summed E-state index contributed by atoms with van der Waals surface area (Å²) in [5.41, 5.74) is 0. The van der Waals surface area contributed by atoms with Gasteiger partial charge in [0, 0.05) is 0 Å². The Morgan fingerprint density at radius 1 is 1.23 bits per heavy atom. The summed E-state index contributed by atoms with van der Waals surface area (Å²) in [7, 11) is -1.33. The third-order valence-electron chi connectivity index (χ3n) is 2.64. The van der Waals surface area contributed by atoms with Crippen molar-refractivity contribution in [2.24, 2.45) is 0 Å². The van der Waals surface area contributed by atoms with Crippen molar-refractivity contribution < 1.29 is 0 Å². The topological polar surface area (TPSA) is 0 Å². The molecule has 0 unspecified atom stereocenters. The predicted molar refractivity (Wildman–Crippen MR) is 71.3 cm³/mol. The van der Waals surface area contributed by atoms with Crippen LogP contribution in [0.15, 0.2) is 39.6 Å². The van der Waals surface area contributed by atoms with Crippen LogP contribution in [0.1, 0.15) is 6.92 Å². The number of hydrogen-bond acceptors (Lipinski definition) is 0. The van der Waals surface area contributed by atoms with Gasteiger partial charge in [0.05, 0.1) is 0 Å². The fourth-order valence-electron chi connectivity index (χ4n) is 1.22. The van der Waals surface area contributed by atoms with E-state index in [0.29, 0.717) is 0 Å². The summed E-state index contributed by atoms with van der Waals surface area (Å²) in [5, 5.41) is 3.06. The van der Waals surface area contributed by atoms with Crippen LogP contribution in [0, 0.1) is 0 Å². The summed E-state index contributed by atoms with van der Waals surface area (Å²) in [4.78, 5) is 0. The molecule has 70 valence electrons. The molecule has 0 heterocycles. The summed E-state index contributed by atoms with van der Waals surface area (Å²) < 4.78 is 2.22. The number of allylic oxidation sites excluding steroid dienone is 1. The highest BCUT2D eigenvalue weighted by Crippen LogP contribution is 2.15. The van der Waals surface area contributed by atoms with Crippen LogP contribution in [0.25, 0.3) is 0 Å². The van der Waals surface area contributed by atoms with Gasteiger partial charge in [-0.05, 0) is 11.0 Å². The van der Waals surface area contributed by atoms with Crippen LogP contribution in [0.2, 0.25) is 13.1 Å². The van der Waals surface area contributed by atoms with Crippen LogP contribution < -0.4 is 5.19 Å². The molecule has 0 aliphatic carbocycles. The maximum Gasteiger partial charge on any atom is 0.107 e. The lowest BCUT2D eigenvalue weighted by Gasteiger charge is -2.23. The molecule has 1 aromatic carbocycles. The minimum Gasteiger partial charge on any atom is -0.0731 e. The lowest BCUT2D eigenvalue weighted by atomic mass is 10.4. The van der Waals surface area contributed by atoms with Crippen molar-refractivity contribution >= 4 is 35.9 Å². The third kappa shape index (κ3) is 2.44. The van der Waals surface area contributed by atoms with E-state index in [2.05, 4.69) is 77.0 Å². The largest absolute Gasteiger partial charge is 0.107 e. The minimum absolute atomic E-state index is 1.33. The van der Waals surface area contributed by atoms with Gasteiger partial charge < -0.3 is 0 Å². The van der Waals surface area contributed by atoms with Gasteiger partial charge in [-0.3, -0.25) is 0 Å². The molecule has 0 bridgehead atoms.